The Labute approximate surface area is 211 Å². The molecule has 0 amide bonds. The third kappa shape index (κ3) is 3.11. The van der Waals surface area contributed by atoms with Gasteiger partial charge in [0.05, 0.1) is 44.7 Å². The predicted octanol–water partition coefficient (Wildman–Crippen LogP) is 7.47. The first-order valence-electron chi connectivity index (χ1n) is 12.2. The van der Waals surface area contributed by atoms with Gasteiger partial charge in [0.15, 0.2) is 0 Å². The van der Waals surface area contributed by atoms with E-state index in [0.717, 1.165) is 71.8 Å². The summed E-state index contributed by atoms with van der Waals surface area (Å²) in [6, 6.07) is 37.4. The second-order valence-corrected chi connectivity index (χ2v) is 9.24. The van der Waals surface area contributed by atoms with Crippen molar-refractivity contribution in [1.82, 2.24) is 24.6 Å². The SMILES string of the molecule is c1ccc2nc(-c3ccc4nn5c(-c6ccc7ccc8cccnc8c7n6)cccc5c4c3)ccc2c1. The topological polar surface area (TPSA) is 56.0 Å². The Morgan fingerprint density at radius 1 is 0.541 bits per heavy atom. The van der Waals surface area contributed by atoms with Crippen LogP contribution in [0.2, 0.25) is 0 Å². The maximum absolute atomic E-state index is 5.05. The van der Waals surface area contributed by atoms with Gasteiger partial charge in [-0.1, -0.05) is 60.7 Å². The summed E-state index contributed by atoms with van der Waals surface area (Å²) in [6.45, 7) is 0. The molecule has 0 atom stereocenters. The molecule has 0 N–H and O–H groups in total. The van der Waals surface area contributed by atoms with E-state index in [4.69, 9.17) is 15.1 Å². The smallest absolute Gasteiger partial charge is 0.0972 e. The molecule has 0 fully saturated rings. The molecule has 0 radical (unpaired) electrons. The summed E-state index contributed by atoms with van der Waals surface area (Å²) in [7, 11) is 0. The van der Waals surface area contributed by atoms with Gasteiger partial charge in [-0.25, -0.2) is 14.5 Å². The first-order valence-corrected chi connectivity index (χ1v) is 12.2. The van der Waals surface area contributed by atoms with Crippen LogP contribution in [0.4, 0.5) is 0 Å². The average Bonchev–Trinajstić information content (AvgIpc) is 3.35. The Balaban J connectivity index is 1.31. The number of hydrogen-bond acceptors (Lipinski definition) is 4. The van der Waals surface area contributed by atoms with Crippen molar-refractivity contribution in [3.63, 3.8) is 0 Å². The van der Waals surface area contributed by atoms with E-state index in [1.807, 2.05) is 35.0 Å². The minimum absolute atomic E-state index is 0.862. The molecule has 5 aromatic heterocycles. The zero-order valence-electron chi connectivity index (χ0n) is 19.7. The molecular weight excluding hydrogens is 454 g/mol. The number of benzene rings is 3. The summed E-state index contributed by atoms with van der Waals surface area (Å²) >= 11 is 0. The van der Waals surface area contributed by atoms with Gasteiger partial charge in [0, 0.05) is 33.3 Å². The molecule has 0 bridgehead atoms. The third-order valence-corrected chi connectivity index (χ3v) is 7.03. The van der Waals surface area contributed by atoms with Gasteiger partial charge < -0.3 is 0 Å². The monoisotopic (exact) mass is 473 g/mol. The van der Waals surface area contributed by atoms with E-state index in [9.17, 15) is 0 Å². The van der Waals surface area contributed by atoms with E-state index < -0.39 is 0 Å². The van der Waals surface area contributed by atoms with E-state index in [2.05, 4.69) is 89.9 Å². The van der Waals surface area contributed by atoms with Gasteiger partial charge in [-0.3, -0.25) is 4.98 Å². The van der Waals surface area contributed by atoms with E-state index in [1.165, 1.54) is 0 Å². The van der Waals surface area contributed by atoms with Crippen LogP contribution in [-0.2, 0) is 0 Å². The van der Waals surface area contributed by atoms with Gasteiger partial charge in [-0.15, -0.1) is 0 Å². The lowest BCUT2D eigenvalue weighted by molar-refractivity contribution is 0.984. The Morgan fingerprint density at radius 3 is 2.32 bits per heavy atom. The number of para-hydroxylation sites is 1. The molecule has 8 rings (SSSR count). The normalized spacial score (nSPS) is 11.8. The molecule has 0 saturated carbocycles. The minimum Gasteiger partial charge on any atom is -0.254 e. The van der Waals surface area contributed by atoms with Crippen molar-refractivity contribution in [2.24, 2.45) is 0 Å². The van der Waals surface area contributed by atoms with Crippen LogP contribution in [0, 0.1) is 0 Å². The Hall–Kier alpha value is -5.16. The highest BCUT2D eigenvalue weighted by molar-refractivity contribution is 6.03. The summed E-state index contributed by atoms with van der Waals surface area (Å²) in [6.07, 6.45) is 1.82. The Morgan fingerprint density at radius 2 is 1.35 bits per heavy atom. The maximum atomic E-state index is 5.05. The number of hydrogen-bond donors (Lipinski definition) is 0. The van der Waals surface area contributed by atoms with Crippen LogP contribution in [0.25, 0.3) is 71.8 Å². The molecule has 0 aliphatic carbocycles. The summed E-state index contributed by atoms with van der Waals surface area (Å²) in [5.74, 6) is 0. The number of aromatic nitrogens is 5. The van der Waals surface area contributed by atoms with Crippen LogP contribution < -0.4 is 0 Å². The van der Waals surface area contributed by atoms with Gasteiger partial charge in [-0.2, -0.15) is 5.10 Å². The van der Waals surface area contributed by atoms with Gasteiger partial charge in [0.25, 0.3) is 0 Å². The lowest BCUT2D eigenvalue weighted by Crippen LogP contribution is -1.96. The molecule has 0 aliphatic heterocycles. The number of fused-ring (bicyclic) bond motifs is 7. The number of rotatable bonds is 2. The summed E-state index contributed by atoms with van der Waals surface area (Å²) in [5, 5.41) is 9.33. The predicted molar refractivity (Wildman–Crippen MR) is 149 cm³/mol. The standard InChI is InChI=1S/C32H19N5/c1-2-7-25-20(5-1)12-15-26(34-25)23-14-16-27-24(19-23)29-8-3-9-30(37(29)36-27)28-17-13-22-11-10-21-6-4-18-33-31(21)32(22)35-28/h1-19H. The highest BCUT2D eigenvalue weighted by Gasteiger charge is 2.13. The van der Waals surface area contributed by atoms with Crippen LogP contribution in [0.15, 0.2) is 115 Å². The molecule has 0 saturated heterocycles. The molecular formula is C32H19N5. The number of pyridine rings is 4. The van der Waals surface area contributed by atoms with Crippen molar-refractivity contribution >= 4 is 49.1 Å². The Kier molecular flexibility index (Phi) is 4.16. The average molecular weight is 474 g/mol. The van der Waals surface area contributed by atoms with E-state index in [1.54, 1.807) is 0 Å². The van der Waals surface area contributed by atoms with E-state index in [-0.39, 0.29) is 0 Å². The van der Waals surface area contributed by atoms with Crippen molar-refractivity contribution < 1.29 is 0 Å². The minimum atomic E-state index is 0.862. The van der Waals surface area contributed by atoms with E-state index in [0.29, 0.717) is 0 Å². The molecule has 3 aromatic carbocycles. The highest BCUT2D eigenvalue weighted by atomic mass is 15.2. The largest absolute Gasteiger partial charge is 0.254 e. The quantitative estimate of drug-likeness (QED) is 0.244. The van der Waals surface area contributed by atoms with Gasteiger partial charge in [0.2, 0.25) is 0 Å². The second-order valence-electron chi connectivity index (χ2n) is 9.24. The molecule has 5 heterocycles. The van der Waals surface area contributed by atoms with E-state index >= 15 is 0 Å². The Bertz CT molecular complexity index is 2160. The number of nitrogens with zero attached hydrogens (tertiary/aromatic N) is 5. The first kappa shape index (κ1) is 20.1. The molecule has 37 heavy (non-hydrogen) atoms. The van der Waals surface area contributed by atoms with Crippen LogP contribution in [-0.4, -0.2) is 24.6 Å². The zero-order valence-corrected chi connectivity index (χ0v) is 19.7. The highest BCUT2D eigenvalue weighted by Crippen LogP contribution is 2.31. The molecule has 172 valence electrons. The molecule has 5 heteroatoms. The molecule has 0 aliphatic rings. The van der Waals surface area contributed by atoms with Crippen molar-refractivity contribution in [1.29, 1.82) is 0 Å². The van der Waals surface area contributed by atoms with Crippen molar-refractivity contribution in [3.8, 4) is 22.6 Å². The van der Waals surface area contributed by atoms with Crippen LogP contribution >= 0.6 is 0 Å². The van der Waals surface area contributed by atoms with Gasteiger partial charge in [0.1, 0.15) is 0 Å². The van der Waals surface area contributed by atoms with Crippen molar-refractivity contribution in [3.05, 3.63) is 115 Å². The zero-order chi connectivity index (χ0) is 24.3. The summed E-state index contributed by atoms with van der Waals surface area (Å²) in [4.78, 5) is 14.6. The van der Waals surface area contributed by atoms with Crippen molar-refractivity contribution in [2.75, 3.05) is 0 Å². The molecule has 0 spiro atoms. The second kappa shape index (κ2) is 7.67. The lowest BCUT2D eigenvalue weighted by atomic mass is 10.1. The molecule has 5 nitrogen and oxygen atoms in total. The fourth-order valence-electron chi connectivity index (χ4n) is 5.20. The van der Waals surface area contributed by atoms with Crippen LogP contribution in [0.3, 0.4) is 0 Å². The van der Waals surface area contributed by atoms with Crippen LogP contribution in [0.5, 0.6) is 0 Å². The lowest BCUT2D eigenvalue weighted by Gasteiger charge is -2.07. The molecule has 0 unspecified atom stereocenters. The van der Waals surface area contributed by atoms with Gasteiger partial charge >= 0.3 is 0 Å². The van der Waals surface area contributed by atoms with Crippen LogP contribution in [0.1, 0.15) is 0 Å². The fraction of sp³-hybridized carbons (Fsp3) is 0. The third-order valence-electron chi connectivity index (χ3n) is 7.03. The van der Waals surface area contributed by atoms with Gasteiger partial charge in [-0.05, 0) is 48.5 Å². The summed E-state index contributed by atoms with van der Waals surface area (Å²) in [5.41, 5.74) is 8.59. The fourth-order valence-corrected chi connectivity index (χ4v) is 5.20. The summed E-state index contributed by atoms with van der Waals surface area (Å²) < 4.78 is 2.00. The first-order chi connectivity index (χ1) is 18.3. The maximum Gasteiger partial charge on any atom is 0.0972 e. The van der Waals surface area contributed by atoms with Crippen molar-refractivity contribution in [2.45, 2.75) is 0 Å². The molecule has 8 aromatic rings.